The molecule has 0 bridgehead atoms. The number of carboxylic acids is 1. The van der Waals surface area contributed by atoms with Gasteiger partial charge in [-0.25, -0.2) is 8.42 Å². The minimum atomic E-state index is -3.54. The van der Waals surface area contributed by atoms with Crippen molar-refractivity contribution in [2.24, 2.45) is 0 Å². The van der Waals surface area contributed by atoms with Gasteiger partial charge < -0.3 is 14.6 Å². The van der Waals surface area contributed by atoms with Gasteiger partial charge in [0.2, 0.25) is 0 Å². The summed E-state index contributed by atoms with van der Waals surface area (Å²) >= 11 is 1.37. The Hall–Kier alpha value is -2.42. The number of hydrogen-bond acceptors (Lipinski definition) is 6. The fourth-order valence-electron chi connectivity index (χ4n) is 4.19. The molecule has 0 amide bonds. The van der Waals surface area contributed by atoms with E-state index >= 15 is 0 Å². The summed E-state index contributed by atoms with van der Waals surface area (Å²) in [5.74, 6) is -0.326. The third kappa shape index (κ3) is 4.20. The van der Waals surface area contributed by atoms with Gasteiger partial charge in [0.1, 0.15) is 10.5 Å². The maximum absolute atomic E-state index is 13.0. The normalized spacial score (nSPS) is 20.5. The average molecular weight is 461 g/mol. The molecule has 0 spiro atoms. The number of fused-ring (bicyclic) bond motifs is 1. The molecule has 6 nitrogen and oxygen atoms in total. The number of benzene rings is 2. The molecule has 1 N–H and O–H groups in total. The molecule has 1 aliphatic rings. The highest BCUT2D eigenvalue weighted by atomic mass is 32.2. The topological polar surface area (TPSA) is 89.9 Å². The standard InChI is InChI=1S/C23H24O6S2/c1-28-15-29-19-7-6-16-12-18(5-4-17(16)13-19)20-8-9-21(30-20)23(14-22(24)25)10-2-3-11-31(23,26)27/h4-9,12-13H,2-3,10-11,14-15H2,1H3,(H,24,25)/t23-/m0/s1. The van der Waals surface area contributed by atoms with E-state index < -0.39 is 27.0 Å². The van der Waals surface area contributed by atoms with E-state index in [4.69, 9.17) is 9.47 Å². The molecule has 31 heavy (non-hydrogen) atoms. The Morgan fingerprint density at radius 2 is 1.87 bits per heavy atom. The number of carbonyl (C=O) groups is 1. The highest BCUT2D eigenvalue weighted by Gasteiger charge is 2.49. The van der Waals surface area contributed by atoms with Crippen LogP contribution in [0.5, 0.6) is 5.75 Å². The van der Waals surface area contributed by atoms with Crippen LogP contribution in [0.1, 0.15) is 30.6 Å². The summed E-state index contributed by atoms with van der Waals surface area (Å²) in [5, 5.41) is 11.5. The van der Waals surface area contributed by atoms with Crippen LogP contribution < -0.4 is 4.74 Å². The zero-order valence-corrected chi connectivity index (χ0v) is 18.8. The maximum atomic E-state index is 13.0. The summed E-state index contributed by atoms with van der Waals surface area (Å²) in [7, 11) is -1.97. The summed E-state index contributed by atoms with van der Waals surface area (Å²) in [6.45, 7) is 0.183. The first-order valence-corrected chi connectivity index (χ1v) is 12.5. The van der Waals surface area contributed by atoms with Crippen LogP contribution >= 0.6 is 11.3 Å². The Kier molecular flexibility index (Phi) is 6.05. The van der Waals surface area contributed by atoms with Crippen LogP contribution in [0.2, 0.25) is 0 Å². The van der Waals surface area contributed by atoms with Gasteiger partial charge in [-0.1, -0.05) is 24.6 Å². The zero-order valence-electron chi connectivity index (χ0n) is 17.2. The lowest BCUT2D eigenvalue weighted by Gasteiger charge is -2.34. The highest BCUT2D eigenvalue weighted by Crippen LogP contribution is 2.47. The quantitative estimate of drug-likeness (QED) is 0.509. The van der Waals surface area contributed by atoms with Gasteiger partial charge in [-0.3, -0.25) is 4.79 Å². The van der Waals surface area contributed by atoms with Crippen LogP contribution in [-0.4, -0.2) is 39.1 Å². The van der Waals surface area contributed by atoms with Crippen LogP contribution in [0.15, 0.2) is 48.5 Å². The number of sulfone groups is 1. The van der Waals surface area contributed by atoms with Gasteiger partial charge in [-0.2, -0.15) is 0 Å². The molecular formula is C23H24O6S2. The molecule has 1 fully saturated rings. The highest BCUT2D eigenvalue weighted by molar-refractivity contribution is 7.92. The monoisotopic (exact) mass is 460 g/mol. The predicted octanol–water partition coefficient (Wildman–Crippen LogP) is 4.82. The Balaban J connectivity index is 1.70. The van der Waals surface area contributed by atoms with E-state index in [-0.39, 0.29) is 12.5 Å². The zero-order chi connectivity index (χ0) is 22.1. The number of methoxy groups -OCH3 is 1. The van der Waals surface area contributed by atoms with Crippen molar-refractivity contribution in [2.75, 3.05) is 19.7 Å². The van der Waals surface area contributed by atoms with E-state index in [0.717, 1.165) is 27.0 Å². The molecule has 1 aromatic heterocycles. The van der Waals surface area contributed by atoms with Crippen LogP contribution in [-0.2, 0) is 24.1 Å². The van der Waals surface area contributed by atoms with Crippen LogP contribution in [0, 0.1) is 0 Å². The van der Waals surface area contributed by atoms with Crippen molar-refractivity contribution in [1.29, 1.82) is 0 Å². The molecule has 2 heterocycles. The average Bonchev–Trinajstić information content (AvgIpc) is 3.23. The molecule has 0 radical (unpaired) electrons. The van der Waals surface area contributed by atoms with Crippen LogP contribution in [0.25, 0.3) is 21.2 Å². The smallest absolute Gasteiger partial charge is 0.305 e. The third-order valence-corrected chi connectivity index (χ3v) is 9.82. The van der Waals surface area contributed by atoms with Crippen molar-refractivity contribution < 1.29 is 27.8 Å². The largest absolute Gasteiger partial charge is 0.481 e. The number of aliphatic carboxylic acids is 1. The molecule has 1 saturated heterocycles. The first-order valence-electron chi connectivity index (χ1n) is 10.0. The molecule has 4 rings (SSSR count). The first-order chi connectivity index (χ1) is 14.8. The molecule has 0 aliphatic carbocycles. The van der Waals surface area contributed by atoms with Gasteiger partial charge in [0.25, 0.3) is 0 Å². The molecule has 3 aromatic rings. The van der Waals surface area contributed by atoms with E-state index in [1.54, 1.807) is 13.2 Å². The van der Waals surface area contributed by atoms with Crippen LogP contribution in [0.3, 0.4) is 0 Å². The molecular weight excluding hydrogens is 436 g/mol. The summed E-state index contributed by atoms with van der Waals surface area (Å²) in [6, 6.07) is 15.5. The van der Waals surface area contributed by atoms with Gasteiger partial charge in [0.15, 0.2) is 16.6 Å². The Morgan fingerprint density at radius 3 is 2.61 bits per heavy atom. The minimum Gasteiger partial charge on any atom is -0.481 e. The number of ether oxygens (including phenoxy) is 2. The van der Waals surface area contributed by atoms with Crippen molar-refractivity contribution in [3.8, 4) is 16.2 Å². The SMILES string of the molecule is COCOc1ccc2cc(-c3ccc([C@@]4(CC(=O)O)CCCCS4(=O)=O)s3)ccc2c1. The molecule has 0 saturated carbocycles. The Morgan fingerprint density at radius 1 is 1.10 bits per heavy atom. The summed E-state index contributed by atoms with van der Waals surface area (Å²) in [5.41, 5.74) is 0.966. The Labute approximate surface area is 185 Å². The van der Waals surface area contributed by atoms with Gasteiger partial charge in [0.05, 0.1) is 12.2 Å². The second kappa shape index (κ2) is 8.61. The van der Waals surface area contributed by atoms with E-state index in [1.807, 2.05) is 42.5 Å². The third-order valence-electron chi connectivity index (χ3n) is 5.77. The second-order valence-electron chi connectivity index (χ2n) is 7.78. The fourth-order valence-corrected chi connectivity index (χ4v) is 7.96. The van der Waals surface area contributed by atoms with Gasteiger partial charge in [-0.15, -0.1) is 11.3 Å². The lowest BCUT2D eigenvalue weighted by molar-refractivity contribution is -0.137. The van der Waals surface area contributed by atoms with E-state index in [2.05, 4.69) is 0 Å². The van der Waals surface area contributed by atoms with Gasteiger partial charge >= 0.3 is 5.97 Å². The number of rotatable bonds is 7. The van der Waals surface area contributed by atoms with E-state index in [0.29, 0.717) is 24.1 Å². The van der Waals surface area contributed by atoms with Crippen LogP contribution in [0.4, 0.5) is 0 Å². The summed E-state index contributed by atoms with van der Waals surface area (Å²) < 4.78 is 35.1. The second-order valence-corrected chi connectivity index (χ2v) is 11.3. The lowest BCUT2D eigenvalue weighted by Crippen LogP contribution is -2.41. The van der Waals surface area contributed by atoms with Gasteiger partial charge in [0, 0.05) is 16.9 Å². The fraction of sp³-hybridized carbons (Fsp3) is 0.348. The molecule has 1 aliphatic heterocycles. The van der Waals surface area contributed by atoms with Crippen molar-refractivity contribution in [3.63, 3.8) is 0 Å². The lowest BCUT2D eigenvalue weighted by atomic mass is 9.95. The van der Waals surface area contributed by atoms with Crippen molar-refractivity contribution in [3.05, 3.63) is 53.4 Å². The Bertz CT molecular complexity index is 1210. The number of thiophene rings is 1. The van der Waals surface area contributed by atoms with Crippen molar-refractivity contribution in [1.82, 2.24) is 0 Å². The van der Waals surface area contributed by atoms with E-state index in [9.17, 15) is 18.3 Å². The molecule has 1 atom stereocenters. The summed E-state index contributed by atoms with van der Waals surface area (Å²) in [4.78, 5) is 13.1. The predicted molar refractivity (Wildman–Crippen MR) is 121 cm³/mol. The van der Waals surface area contributed by atoms with E-state index in [1.165, 1.54) is 11.3 Å². The molecule has 8 heteroatoms. The summed E-state index contributed by atoms with van der Waals surface area (Å²) in [6.07, 6.45) is 1.26. The number of carboxylic acid groups (broad SMARTS) is 1. The minimum absolute atomic E-state index is 0.0387. The van der Waals surface area contributed by atoms with Crippen molar-refractivity contribution in [2.45, 2.75) is 30.4 Å². The molecule has 0 unspecified atom stereocenters. The van der Waals surface area contributed by atoms with Crippen molar-refractivity contribution >= 4 is 37.9 Å². The molecule has 2 aromatic carbocycles. The van der Waals surface area contributed by atoms with Gasteiger partial charge in [-0.05, 0) is 59.5 Å². The number of hydrogen-bond donors (Lipinski definition) is 1. The molecule has 164 valence electrons. The first kappa shape index (κ1) is 21.8. The maximum Gasteiger partial charge on any atom is 0.305 e.